The lowest BCUT2D eigenvalue weighted by Crippen LogP contribution is -1.94. The fraction of sp³-hybridized carbons (Fsp3) is 0.263. The Balaban J connectivity index is 2.06. The Hall–Kier alpha value is -2.47. The summed E-state index contributed by atoms with van der Waals surface area (Å²) in [5.41, 5.74) is 4.52. The molecule has 5 nitrogen and oxygen atoms in total. The highest BCUT2D eigenvalue weighted by Crippen LogP contribution is 2.33. The van der Waals surface area contributed by atoms with Gasteiger partial charge in [-0.25, -0.2) is 0 Å². The highest BCUT2D eigenvalue weighted by Gasteiger charge is 2.14. The first-order valence-corrected chi connectivity index (χ1v) is 9.24. The maximum Gasteiger partial charge on any atom is 0.160 e. The molecule has 0 aliphatic carbocycles. The van der Waals surface area contributed by atoms with Gasteiger partial charge in [-0.1, -0.05) is 37.8 Å². The van der Waals surface area contributed by atoms with Crippen molar-refractivity contribution in [1.29, 1.82) is 0 Å². The number of aromatic amines is 1. The normalized spacial score (nSPS) is 11.5. The van der Waals surface area contributed by atoms with E-state index in [0.29, 0.717) is 0 Å². The van der Waals surface area contributed by atoms with Gasteiger partial charge in [0, 0.05) is 29.8 Å². The van der Waals surface area contributed by atoms with Gasteiger partial charge < -0.3 is 5.32 Å². The minimum absolute atomic E-state index is 0.806. The second-order valence-electron chi connectivity index (χ2n) is 5.93. The zero-order chi connectivity index (χ0) is 17.8. The number of hydrogen-bond donors (Lipinski definition) is 2. The van der Waals surface area contributed by atoms with Gasteiger partial charge in [0.15, 0.2) is 5.82 Å². The van der Waals surface area contributed by atoms with Crippen LogP contribution in [0.1, 0.15) is 25.8 Å². The van der Waals surface area contributed by atoms with Gasteiger partial charge in [0.05, 0.1) is 16.7 Å². The molecule has 1 aromatic carbocycles. The number of thioether (sulfide) groups is 1. The monoisotopic (exact) mass is 353 g/mol. The molecule has 0 aliphatic heterocycles. The van der Waals surface area contributed by atoms with E-state index in [2.05, 4.69) is 46.2 Å². The number of allylic oxidation sites excluding steroid dienone is 1. The number of aryl methyl sites for hydroxylation is 2. The van der Waals surface area contributed by atoms with E-state index in [0.717, 1.165) is 45.7 Å². The van der Waals surface area contributed by atoms with Crippen LogP contribution in [-0.4, -0.2) is 20.0 Å². The van der Waals surface area contributed by atoms with E-state index in [1.165, 1.54) is 5.56 Å². The third-order valence-electron chi connectivity index (χ3n) is 3.89. The van der Waals surface area contributed by atoms with Crippen LogP contribution in [0.3, 0.4) is 0 Å². The number of anilines is 1. The summed E-state index contributed by atoms with van der Waals surface area (Å²) >= 11 is 1.55. The van der Waals surface area contributed by atoms with Crippen molar-refractivity contribution in [2.45, 2.75) is 26.7 Å². The van der Waals surface area contributed by atoms with E-state index < -0.39 is 0 Å². The van der Waals surface area contributed by atoms with Crippen LogP contribution in [0.2, 0.25) is 0 Å². The molecule has 3 aromatic rings. The molecular formula is C19H23N5S. The second-order valence-corrected chi connectivity index (χ2v) is 6.93. The number of H-pyrrole nitrogens is 1. The van der Waals surface area contributed by atoms with Crippen molar-refractivity contribution >= 4 is 28.5 Å². The van der Waals surface area contributed by atoms with Crippen molar-refractivity contribution in [3.8, 4) is 11.1 Å². The maximum atomic E-state index is 4.48. The van der Waals surface area contributed by atoms with Crippen LogP contribution in [0.15, 0.2) is 47.6 Å². The Bertz CT molecular complexity index is 919. The molecule has 25 heavy (non-hydrogen) atoms. The molecular weight excluding hydrogens is 330 g/mol. The fourth-order valence-corrected chi connectivity index (χ4v) is 3.27. The summed E-state index contributed by atoms with van der Waals surface area (Å²) in [4.78, 5) is 0. The van der Waals surface area contributed by atoms with Crippen LogP contribution in [0, 0.1) is 0 Å². The van der Waals surface area contributed by atoms with Gasteiger partial charge >= 0.3 is 0 Å². The lowest BCUT2D eigenvalue weighted by Gasteiger charge is -2.07. The molecule has 0 atom stereocenters. The van der Waals surface area contributed by atoms with Crippen molar-refractivity contribution in [2.75, 3.05) is 5.32 Å². The molecule has 3 rings (SSSR count). The number of aromatic nitrogens is 4. The van der Waals surface area contributed by atoms with Crippen LogP contribution in [0.25, 0.3) is 22.0 Å². The van der Waals surface area contributed by atoms with E-state index in [-0.39, 0.29) is 0 Å². The lowest BCUT2D eigenvalue weighted by molar-refractivity contribution is 0.768. The first kappa shape index (κ1) is 17.4. The van der Waals surface area contributed by atoms with Crippen LogP contribution < -0.4 is 5.32 Å². The van der Waals surface area contributed by atoms with Crippen molar-refractivity contribution < 1.29 is 0 Å². The molecule has 2 aromatic heterocycles. The molecule has 0 bridgehead atoms. The molecule has 6 heteroatoms. The smallest absolute Gasteiger partial charge is 0.160 e. The molecule has 0 unspecified atom stereocenters. The molecule has 130 valence electrons. The van der Waals surface area contributed by atoms with Gasteiger partial charge in [-0.3, -0.25) is 9.78 Å². The number of hydrogen-bond acceptors (Lipinski definition) is 4. The van der Waals surface area contributed by atoms with E-state index in [4.69, 9.17) is 0 Å². The predicted octanol–water partition coefficient (Wildman–Crippen LogP) is 5.07. The molecule has 0 spiro atoms. The number of benzene rings is 1. The lowest BCUT2D eigenvalue weighted by atomic mass is 10.00. The zero-order valence-corrected chi connectivity index (χ0v) is 15.7. The van der Waals surface area contributed by atoms with Crippen LogP contribution in [0.4, 0.5) is 5.82 Å². The van der Waals surface area contributed by atoms with Gasteiger partial charge in [0.2, 0.25) is 0 Å². The zero-order valence-electron chi connectivity index (χ0n) is 14.8. The van der Waals surface area contributed by atoms with Crippen LogP contribution >= 0.6 is 11.8 Å². The van der Waals surface area contributed by atoms with Crippen molar-refractivity contribution in [1.82, 2.24) is 20.0 Å². The van der Waals surface area contributed by atoms with Crippen molar-refractivity contribution in [3.05, 3.63) is 53.2 Å². The summed E-state index contributed by atoms with van der Waals surface area (Å²) in [6.45, 7) is 8.23. The number of fused-ring (bicyclic) bond motifs is 1. The highest BCUT2D eigenvalue weighted by molar-refractivity contribution is 8.05. The van der Waals surface area contributed by atoms with Crippen LogP contribution in [-0.2, 0) is 13.5 Å². The molecule has 0 aliphatic rings. The molecule has 0 saturated carbocycles. The quantitative estimate of drug-likeness (QED) is 0.623. The number of rotatable bonds is 7. The summed E-state index contributed by atoms with van der Waals surface area (Å²) < 4.78 is 1.82. The Morgan fingerprint density at radius 3 is 2.96 bits per heavy atom. The molecule has 0 amide bonds. The maximum absolute atomic E-state index is 4.48. The summed E-state index contributed by atoms with van der Waals surface area (Å²) in [5, 5.41) is 19.2. The second kappa shape index (κ2) is 7.61. The predicted molar refractivity (Wildman–Crippen MR) is 107 cm³/mol. The molecule has 2 heterocycles. The average Bonchev–Trinajstić information content (AvgIpc) is 3.19. The van der Waals surface area contributed by atoms with Crippen molar-refractivity contribution in [2.24, 2.45) is 7.05 Å². The topological polar surface area (TPSA) is 58.5 Å². The first-order valence-electron chi connectivity index (χ1n) is 8.36. The summed E-state index contributed by atoms with van der Waals surface area (Å²) in [7, 11) is 1.93. The number of nitrogens with one attached hydrogen (secondary N) is 2. The van der Waals surface area contributed by atoms with E-state index in [9.17, 15) is 0 Å². The summed E-state index contributed by atoms with van der Waals surface area (Å²) in [6.07, 6.45) is 8.03. The van der Waals surface area contributed by atoms with E-state index in [1.54, 1.807) is 11.8 Å². The molecule has 0 fully saturated rings. The minimum atomic E-state index is 0.806. The average molecular weight is 353 g/mol. The number of nitrogens with zero attached hydrogens (tertiary/aromatic N) is 3. The summed E-state index contributed by atoms with van der Waals surface area (Å²) in [5.74, 6) is 0.806. The van der Waals surface area contributed by atoms with E-state index in [1.807, 2.05) is 42.5 Å². The molecule has 2 N–H and O–H groups in total. The van der Waals surface area contributed by atoms with E-state index >= 15 is 0 Å². The van der Waals surface area contributed by atoms with Crippen LogP contribution in [0.5, 0.6) is 0 Å². The third-order valence-corrected chi connectivity index (χ3v) is 4.69. The van der Waals surface area contributed by atoms with Gasteiger partial charge in [-0.2, -0.15) is 10.2 Å². The first-order chi connectivity index (χ1) is 12.1. The molecule has 0 radical (unpaired) electrons. The SMILES string of the molecule is C=C(Nc1n[nH]c2c(-c3cnn(C)c3)cc(CCC)cc12)S/C=C\C. The third kappa shape index (κ3) is 3.79. The molecule has 0 saturated heterocycles. The Kier molecular flexibility index (Phi) is 5.28. The van der Waals surface area contributed by atoms with Gasteiger partial charge in [-0.05, 0) is 36.4 Å². The summed E-state index contributed by atoms with van der Waals surface area (Å²) in [6, 6.07) is 4.44. The minimum Gasteiger partial charge on any atom is -0.333 e. The Morgan fingerprint density at radius 1 is 1.44 bits per heavy atom. The largest absolute Gasteiger partial charge is 0.333 e. The Morgan fingerprint density at radius 2 is 2.28 bits per heavy atom. The van der Waals surface area contributed by atoms with Gasteiger partial charge in [0.25, 0.3) is 0 Å². The highest BCUT2D eigenvalue weighted by atomic mass is 32.2. The van der Waals surface area contributed by atoms with Gasteiger partial charge in [-0.15, -0.1) is 0 Å². The fourth-order valence-electron chi connectivity index (χ4n) is 2.81. The van der Waals surface area contributed by atoms with Gasteiger partial charge in [0.1, 0.15) is 0 Å². The standard InChI is InChI=1S/C19H23N5S/c1-5-7-14-9-16(15-11-20-24(4)12-15)18-17(10-14)19(23-22-18)21-13(3)25-8-6-2/h6,8-12H,3,5,7H2,1-2,4H3,(H2,21,22,23)/b8-6-. The van der Waals surface area contributed by atoms with Crippen molar-refractivity contribution in [3.63, 3.8) is 0 Å². The Labute approximate surface area is 152 Å².